The average Bonchev–Trinajstić information content (AvgIpc) is 3.32. The van der Waals surface area contributed by atoms with Crippen LogP contribution >= 0.6 is 11.3 Å². The summed E-state index contributed by atoms with van der Waals surface area (Å²) in [7, 11) is 0. The highest BCUT2D eigenvalue weighted by molar-refractivity contribution is 7.07. The Bertz CT molecular complexity index is 1140. The van der Waals surface area contributed by atoms with E-state index in [1.54, 1.807) is 23.5 Å². The molecule has 0 fully saturated rings. The van der Waals surface area contributed by atoms with Gasteiger partial charge in [-0.2, -0.15) is 4.57 Å². The number of rotatable bonds is 19. The monoisotopic (exact) mass is 632 g/mol. The first-order chi connectivity index (χ1) is 19.0. The second-order valence-electron chi connectivity index (χ2n) is 10.6. The van der Waals surface area contributed by atoms with E-state index < -0.39 is 5.82 Å². The number of thiazole rings is 1. The van der Waals surface area contributed by atoms with Gasteiger partial charge in [0.1, 0.15) is 0 Å². The lowest BCUT2D eigenvalue weighted by Crippen LogP contribution is -3.00. The quantitative estimate of drug-likeness (QED) is 0.134. The second-order valence-corrected chi connectivity index (χ2v) is 11.3. The Balaban J connectivity index is 0.00000560. The third kappa shape index (κ3) is 12.9. The molecule has 220 valence electrons. The molecule has 0 atom stereocenters. The van der Waals surface area contributed by atoms with Crippen molar-refractivity contribution < 1.29 is 35.5 Å². The maximum absolute atomic E-state index is 14.6. The largest absolute Gasteiger partial charge is 1.00 e. The van der Waals surface area contributed by atoms with E-state index in [2.05, 4.69) is 34.6 Å². The summed E-state index contributed by atoms with van der Waals surface area (Å²) in [4.78, 5) is 12.6. The van der Waals surface area contributed by atoms with Crippen LogP contribution in [-0.2, 0) is 17.8 Å². The lowest BCUT2D eigenvalue weighted by atomic mass is 10.1. The zero-order valence-corrected chi connectivity index (χ0v) is 26.6. The van der Waals surface area contributed by atoms with Gasteiger partial charge in [-0.1, -0.05) is 107 Å². The third-order valence-electron chi connectivity index (χ3n) is 7.06. The van der Waals surface area contributed by atoms with Crippen LogP contribution in [0, 0.1) is 12.7 Å². The van der Waals surface area contributed by atoms with E-state index in [-0.39, 0.29) is 35.1 Å². The minimum atomic E-state index is -0.413. The van der Waals surface area contributed by atoms with Gasteiger partial charge in [-0.05, 0) is 36.2 Å². The summed E-state index contributed by atoms with van der Waals surface area (Å²) in [6.07, 6.45) is 15.5. The number of amides is 1. The molecule has 0 aliphatic heterocycles. The summed E-state index contributed by atoms with van der Waals surface area (Å²) >= 11 is 1.67. The van der Waals surface area contributed by atoms with Gasteiger partial charge in [0.2, 0.25) is 11.4 Å². The summed E-state index contributed by atoms with van der Waals surface area (Å²) < 4.78 is 22.4. The Kier molecular flexibility index (Phi) is 16.8. The molecule has 1 amide bonds. The SMILES string of the molecule is CCCCCCCCCCCCCCOc1ccc(CC(=O)Nc2cccc(C[n+]3cscc3C)c2)cc1F.[Br-]. The van der Waals surface area contributed by atoms with Crippen LogP contribution in [0.15, 0.2) is 53.4 Å². The fourth-order valence-electron chi connectivity index (χ4n) is 4.75. The lowest BCUT2D eigenvalue weighted by molar-refractivity contribution is -0.689. The highest BCUT2D eigenvalue weighted by Gasteiger charge is 2.11. The molecule has 40 heavy (non-hydrogen) atoms. The number of aryl methyl sites for hydroxylation is 1. The number of ether oxygens (including phenoxy) is 1. The van der Waals surface area contributed by atoms with Gasteiger partial charge in [-0.25, -0.2) is 4.39 Å². The molecule has 0 radical (unpaired) electrons. The number of carbonyl (C=O) groups is 1. The van der Waals surface area contributed by atoms with E-state index in [0.29, 0.717) is 12.2 Å². The molecule has 0 saturated carbocycles. The minimum Gasteiger partial charge on any atom is -1.00 e. The normalized spacial score (nSPS) is 10.8. The fourth-order valence-corrected chi connectivity index (χ4v) is 5.53. The maximum atomic E-state index is 14.6. The Morgan fingerprint density at radius 3 is 2.20 bits per heavy atom. The van der Waals surface area contributed by atoms with Gasteiger partial charge in [-0.3, -0.25) is 4.79 Å². The molecular weight excluding hydrogens is 587 g/mol. The highest BCUT2D eigenvalue weighted by atomic mass is 79.9. The molecular formula is C33H46BrFN2O2S. The van der Waals surface area contributed by atoms with Crippen molar-refractivity contribution in [1.82, 2.24) is 0 Å². The molecule has 0 unspecified atom stereocenters. The number of hydrogen-bond acceptors (Lipinski definition) is 3. The molecule has 3 aromatic rings. The third-order valence-corrected chi connectivity index (χ3v) is 7.91. The number of nitrogens with zero attached hydrogens (tertiary/aromatic N) is 1. The summed E-state index contributed by atoms with van der Waals surface area (Å²) in [5, 5.41) is 5.05. The van der Waals surface area contributed by atoms with Gasteiger partial charge >= 0.3 is 0 Å². The Morgan fingerprint density at radius 1 is 0.900 bits per heavy atom. The van der Waals surface area contributed by atoms with E-state index in [0.717, 1.165) is 30.6 Å². The predicted molar refractivity (Wildman–Crippen MR) is 160 cm³/mol. The van der Waals surface area contributed by atoms with Crippen molar-refractivity contribution in [3.8, 4) is 5.75 Å². The lowest BCUT2D eigenvalue weighted by Gasteiger charge is -2.10. The van der Waals surface area contributed by atoms with Gasteiger partial charge in [0.05, 0.1) is 18.4 Å². The zero-order chi connectivity index (χ0) is 27.7. The number of hydrogen-bond donors (Lipinski definition) is 1. The fraction of sp³-hybridized carbons (Fsp3) is 0.515. The summed E-state index contributed by atoms with van der Waals surface area (Å²) in [5.74, 6) is -0.323. The summed E-state index contributed by atoms with van der Waals surface area (Å²) in [6, 6.07) is 12.7. The van der Waals surface area contributed by atoms with Crippen LogP contribution in [0.3, 0.4) is 0 Å². The molecule has 0 aliphatic carbocycles. The Labute approximate surface area is 255 Å². The van der Waals surface area contributed by atoms with Gasteiger partial charge in [0.25, 0.3) is 0 Å². The Hall–Kier alpha value is -2.25. The van der Waals surface area contributed by atoms with Crippen molar-refractivity contribution in [1.29, 1.82) is 0 Å². The smallest absolute Gasteiger partial charge is 0.228 e. The number of anilines is 1. The molecule has 0 saturated heterocycles. The number of aromatic nitrogens is 1. The van der Waals surface area contributed by atoms with E-state index in [1.807, 2.05) is 24.3 Å². The van der Waals surface area contributed by atoms with Crippen molar-refractivity contribution in [3.05, 3.63) is 76.0 Å². The second kappa shape index (κ2) is 19.8. The van der Waals surface area contributed by atoms with Crippen LogP contribution in [0.25, 0.3) is 0 Å². The van der Waals surface area contributed by atoms with E-state index in [9.17, 15) is 9.18 Å². The minimum absolute atomic E-state index is 0. The molecule has 1 aromatic heterocycles. The molecule has 3 rings (SSSR count). The molecule has 1 heterocycles. The summed E-state index contributed by atoms with van der Waals surface area (Å²) in [6.45, 7) is 5.62. The topological polar surface area (TPSA) is 42.2 Å². The van der Waals surface area contributed by atoms with Gasteiger partial charge < -0.3 is 27.0 Å². The number of halogens is 2. The van der Waals surface area contributed by atoms with Crippen LogP contribution < -0.4 is 31.6 Å². The first-order valence-corrected chi connectivity index (χ1v) is 15.7. The van der Waals surface area contributed by atoms with E-state index in [1.165, 1.54) is 76.0 Å². The molecule has 0 aliphatic rings. The number of nitrogens with one attached hydrogen (secondary N) is 1. The first kappa shape index (κ1) is 34.0. The molecule has 0 bridgehead atoms. The number of unbranched alkanes of at least 4 members (excludes halogenated alkanes) is 11. The van der Waals surface area contributed by atoms with Crippen LogP contribution in [0.4, 0.5) is 10.1 Å². The molecule has 1 N–H and O–H groups in total. The number of carbonyl (C=O) groups excluding carboxylic acids is 1. The van der Waals surface area contributed by atoms with Crippen LogP contribution in [-0.4, -0.2) is 12.5 Å². The van der Waals surface area contributed by atoms with E-state index in [4.69, 9.17) is 4.74 Å². The molecule has 2 aromatic carbocycles. The van der Waals surface area contributed by atoms with Gasteiger partial charge in [0, 0.05) is 18.2 Å². The van der Waals surface area contributed by atoms with E-state index >= 15 is 0 Å². The average molecular weight is 634 g/mol. The highest BCUT2D eigenvalue weighted by Crippen LogP contribution is 2.20. The predicted octanol–water partition coefficient (Wildman–Crippen LogP) is 5.80. The standard InChI is InChI=1S/C33H45FN2O2S.BrH/c1-3-4-5-6-7-8-9-10-11-12-13-14-20-38-32-19-18-28(22-31(32)34)23-33(37)35-30-17-15-16-29(21-30)24-36-26-39-25-27(36)2;/h15-19,21-22,25-26H,3-14,20,23-24H2,1-2H3;1H. The maximum Gasteiger partial charge on any atom is 0.228 e. The van der Waals surface area contributed by atoms with Crippen LogP contribution in [0.2, 0.25) is 0 Å². The van der Waals surface area contributed by atoms with Gasteiger partial charge in [0.15, 0.2) is 23.8 Å². The van der Waals surface area contributed by atoms with Crippen LogP contribution in [0.5, 0.6) is 5.75 Å². The molecule has 4 nitrogen and oxygen atoms in total. The van der Waals surface area contributed by atoms with Crippen molar-refractivity contribution in [2.45, 2.75) is 104 Å². The molecule has 7 heteroatoms. The van der Waals surface area contributed by atoms with Crippen LogP contribution in [0.1, 0.15) is 101 Å². The van der Waals surface area contributed by atoms with Crippen molar-refractivity contribution in [2.75, 3.05) is 11.9 Å². The Morgan fingerprint density at radius 2 is 1.57 bits per heavy atom. The summed E-state index contributed by atoms with van der Waals surface area (Å²) in [5.41, 5.74) is 5.77. The zero-order valence-electron chi connectivity index (χ0n) is 24.2. The van der Waals surface area contributed by atoms with Crippen molar-refractivity contribution in [3.63, 3.8) is 0 Å². The molecule has 0 spiro atoms. The van der Waals surface area contributed by atoms with Crippen molar-refractivity contribution in [2.24, 2.45) is 0 Å². The van der Waals surface area contributed by atoms with Gasteiger partial charge in [-0.15, -0.1) is 0 Å². The first-order valence-electron chi connectivity index (χ1n) is 14.8. The van der Waals surface area contributed by atoms with Crippen molar-refractivity contribution >= 4 is 22.9 Å². The number of benzene rings is 2.